The molecule has 0 saturated heterocycles. The third-order valence-electron chi connectivity index (χ3n) is 3.37. The summed E-state index contributed by atoms with van der Waals surface area (Å²) >= 11 is 3.45. The van der Waals surface area contributed by atoms with E-state index in [0.29, 0.717) is 12.1 Å². The summed E-state index contributed by atoms with van der Waals surface area (Å²) in [5.74, 6) is 0.0497. The molecule has 3 nitrogen and oxygen atoms in total. The maximum absolute atomic E-state index is 12.7. The highest BCUT2D eigenvalue weighted by Gasteiger charge is 2.21. The first kappa shape index (κ1) is 14.9. The quantitative estimate of drug-likeness (QED) is 0.833. The van der Waals surface area contributed by atoms with Crippen LogP contribution in [-0.4, -0.2) is 21.4 Å². The Morgan fingerprint density at radius 1 is 1.25 bits per heavy atom. The van der Waals surface area contributed by atoms with Crippen LogP contribution in [-0.2, 0) is 13.6 Å². The van der Waals surface area contributed by atoms with Crippen molar-refractivity contribution in [2.75, 3.05) is 0 Å². The maximum Gasteiger partial charge on any atom is 0.255 e. The SMILES string of the molecule is CC(C)N(Cc1cccn1C)C(=O)c1ccccc1Br. The van der Waals surface area contributed by atoms with Gasteiger partial charge in [0.25, 0.3) is 5.91 Å². The van der Waals surface area contributed by atoms with Gasteiger partial charge < -0.3 is 9.47 Å². The molecule has 1 amide bonds. The fraction of sp³-hybridized carbons (Fsp3) is 0.312. The molecular weight excluding hydrogens is 316 g/mol. The lowest BCUT2D eigenvalue weighted by Crippen LogP contribution is -2.37. The fourth-order valence-corrected chi connectivity index (χ4v) is 2.57. The summed E-state index contributed by atoms with van der Waals surface area (Å²) in [5.41, 5.74) is 1.83. The van der Waals surface area contributed by atoms with Gasteiger partial charge in [-0.05, 0) is 54.0 Å². The Hall–Kier alpha value is -1.55. The van der Waals surface area contributed by atoms with E-state index in [2.05, 4.69) is 15.9 Å². The number of aryl methyl sites for hydroxylation is 1. The summed E-state index contributed by atoms with van der Waals surface area (Å²) in [5, 5.41) is 0. The van der Waals surface area contributed by atoms with E-state index in [9.17, 15) is 4.79 Å². The summed E-state index contributed by atoms with van der Waals surface area (Å²) < 4.78 is 2.88. The lowest BCUT2D eigenvalue weighted by molar-refractivity contribution is 0.0685. The van der Waals surface area contributed by atoms with Gasteiger partial charge in [-0.3, -0.25) is 4.79 Å². The molecule has 4 heteroatoms. The molecule has 0 saturated carbocycles. The van der Waals surface area contributed by atoms with Gasteiger partial charge in [-0.15, -0.1) is 0 Å². The third kappa shape index (κ3) is 3.12. The molecule has 0 aliphatic rings. The zero-order valence-electron chi connectivity index (χ0n) is 12.0. The normalized spacial score (nSPS) is 10.8. The van der Waals surface area contributed by atoms with E-state index < -0.39 is 0 Å². The first-order chi connectivity index (χ1) is 9.50. The predicted octanol–water partition coefficient (Wildman–Crippen LogP) is 3.84. The van der Waals surface area contributed by atoms with Crippen LogP contribution in [0.4, 0.5) is 0 Å². The molecule has 106 valence electrons. The van der Waals surface area contributed by atoms with Crippen molar-refractivity contribution >= 4 is 21.8 Å². The van der Waals surface area contributed by atoms with Crippen LogP contribution in [0.3, 0.4) is 0 Å². The Balaban J connectivity index is 2.28. The van der Waals surface area contributed by atoms with Gasteiger partial charge in [0.05, 0.1) is 12.1 Å². The van der Waals surface area contributed by atoms with Crippen LogP contribution in [0.2, 0.25) is 0 Å². The fourth-order valence-electron chi connectivity index (χ4n) is 2.11. The minimum atomic E-state index is 0.0497. The standard InChI is InChI=1S/C16H19BrN2O/c1-12(2)19(11-13-7-6-10-18(13)3)16(20)14-8-4-5-9-15(14)17/h4-10,12H,11H2,1-3H3. The molecule has 0 atom stereocenters. The van der Waals surface area contributed by atoms with Crippen LogP contribution in [0.25, 0.3) is 0 Å². The van der Waals surface area contributed by atoms with Gasteiger partial charge in [0.1, 0.15) is 0 Å². The highest BCUT2D eigenvalue weighted by molar-refractivity contribution is 9.10. The summed E-state index contributed by atoms with van der Waals surface area (Å²) in [4.78, 5) is 14.6. The van der Waals surface area contributed by atoms with Crippen molar-refractivity contribution in [1.82, 2.24) is 9.47 Å². The highest BCUT2D eigenvalue weighted by atomic mass is 79.9. The number of amides is 1. The average Bonchev–Trinajstić information content (AvgIpc) is 2.81. The molecule has 0 radical (unpaired) electrons. The average molecular weight is 335 g/mol. The number of benzene rings is 1. The smallest absolute Gasteiger partial charge is 0.255 e. The Labute approximate surface area is 128 Å². The number of carbonyl (C=O) groups excluding carboxylic acids is 1. The Morgan fingerprint density at radius 2 is 1.95 bits per heavy atom. The number of hydrogen-bond acceptors (Lipinski definition) is 1. The molecule has 0 bridgehead atoms. The van der Waals surface area contributed by atoms with Crippen molar-refractivity contribution in [3.63, 3.8) is 0 Å². The topological polar surface area (TPSA) is 25.2 Å². The van der Waals surface area contributed by atoms with Gasteiger partial charge in [-0.2, -0.15) is 0 Å². The van der Waals surface area contributed by atoms with Crippen molar-refractivity contribution in [2.24, 2.45) is 7.05 Å². The van der Waals surface area contributed by atoms with Gasteiger partial charge >= 0.3 is 0 Å². The van der Waals surface area contributed by atoms with Crippen molar-refractivity contribution in [1.29, 1.82) is 0 Å². The first-order valence-corrected chi connectivity index (χ1v) is 7.45. The lowest BCUT2D eigenvalue weighted by atomic mass is 10.1. The number of carbonyl (C=O) groups is 1. The molecular formula is C16H19BrN2O. The largest absolute Gasteiger partial charge is 0.353 e. The first-order valence-electron chi connectivity index (χ1n) is 6.66. The second kappa shape index (κ2) is 6.27. The monoisotopic (exact) mass is 334 g/mol. The van der Waals surface area contributed by atoms with Crippen LogP contribution < -0.4 is 0 Å². The molecule has 0 fully saturated rings. The van der Waals surface area contributed by atoms with Crippen molar-refractivity contribution < 1.29 is 4.79 Å². The van der Waals surface area contributed by atoms with Gasteiger partial charge in [-0.1, -0.05) is 12.1 Å². The van der Waals surface area contributed by atoms with E-state index in [1.165, 1.54) is 0 Å². The summed E-state index contributed by atoms with van der Waals surface area (Å²) in [7, 11) is 2.00. The molecule has 0 N–H and O–H groups in total. The van der Waals surface area contributed by atoms with E-state index in [0.717, 1.165) is 10.2 Å². The predicted molar refractivity (Wildman–Crippen MR) is 84.6 cm³/mol. The molecule has 0 aliphatic heterocycles. The van der Waals surface area contributed by atoms with E-state index in [1.807, 2.05) is 73.0 Å². The van der Waals surface area contributed by atoms with Crippen molar-refractivity contribution in [3.8, 4) is 0 Å². The second-order valence-electron chi connectivity index (χ2n) is 5.12. The molecule has 1 aromatic heterocycles. The lowest BCUT2D eigenvalue weighted by Gasteiger charge is -2.27. The molecule has 0 unspecified atom stereocenters. The second-order valence-corrected chi connectivity index (χ2v) is 5.97. The van der Waals surface area contributed by atoms with Crippen molar-refractivity contribution in [3.05, 3.63) is 58.3 Å². The van der Waals surface area contributed by atoms with Crippen LogP contribution in [0.1, 0.15) is 29.9 Å². The van der Waals surface area contributed by atoms with E-state index in [4.69, 9.17) is 0 Å². The van der Waals surface area contributed by atoms with Gasteiger partial charge in [-0.25, -0.2) is 0 Å². The van der Waals surface area contributed by atoms with Gasteiger partial charge in [0.15, 0.2) is 0 Å². The van der Waals surface area contributed by atoms with Crippen LogP contribution in [0.5, 0.6) is 0 Å². The van der Waals surface area contributed by atoms with Crippen LogP contribution in [0, 0.1) is 0 Å². The molecule has 0 aliphatic carbocycles. The summed E-state index contributed by atoms with van der Waals surface area (Å²) in [6, 6.07) is 11.7. The number of aromatic nitrogens is 1. The molecule has 0 spiro atoms. The Morgan fingerprint density at radius 3 is 2.50 bits per heavy atom. The Kier molecular flexibility index (Phi) is 4.65. The van der Waals surface area contributed by atoms with E-state index in [-0.39, 0.29) is 11.9 Å². The molecule has 2 aromatic rings. The zero-order chi connectivity index (χ0) is 14.7. The van der Waals surface area contributed by atoms with Gasteiger partial charge in [0, 0.05) is 29.5 Å². The van der Waals surface area contributed by atoms with Crippen molar-refractivity contribution in [2.45, 2.75) is 26.4 Å². The van der Waals surface area contributed by atoms with Gasteiger partial charge in [0.2, 0.25) is 0 Å². The number of halogens is 1. The minimum Gasteiger partial charge on any atom is -0.353 e. The summed E-state index contributed by atoms with van der Waals surface area (Å²) in [6.45, 7) is 4.69. The molecule has 2 rings (SSSR count). The Bertz CT molecular complexity index is 604. The van der Waals surface area contributed by atoms with E-state index >= 15 is 0 Å². The van der Waals surface area contributed by atoms with Crippen LogP contribution >= 0.6 is 15.9 Å². The molecule has 20 heavy (non-hydrogen) atoms. The number of hydrogen-bond donors (Lipinski definition) is 0. The number of nitrogens with zero attached hydrogens (tertiary/aromatic N) is 2. The summed E-state index contributed by atoms with van der Waals surface area (Å²) in [6.07, 6.45) is 2.00. The highest BCUT2D eigenvalue weighted by Crippen LogP contribution is 2.20. The maximum atomic E-state index is 12.7. The zero-order valence-corrected chi connectivity index (χ0v) is 13.6. The minimum absolute atomic E-state index is 0.0497. The molecule has 1 aromatic carbocycles. The number of rotatable bonds is 4. The molecule has 1 heterocycles. The third-order valence-corrected chi connectivity index (χ3v) is 4.06. The van der Waals surface area contributed by atoms with Crippen LogP contribution in [0.15, 0.2) is 47.1 Å². The van der Waals surface area contributed by atoms with E-state index in [1.54, 1.807) is 0 Å².